The number of nitrogens with one attached hydrogen (secondary N) is 1. The highest BCUT2D eigenvalue weighted by atomic mass is 79.9. The molecule has 108 valence electrons. The molecular weight excluding hydrogens is 333 g/mol. The van der Waals surface area contributed by atoms with Crippen molar-refractivity contribution in [2.75, 3.05) is 6.54 Å². The molecule has 1 atom stereocenters. The second-order valence-electron chi connectivity index (χ2n) is 5.21. The van der Waals surface area contributed by atoms with E-state index in [1.54, 1.807) is 12.1 Å². The molecule has 0 aliphatic carbocycles. The lowest BCUT2D eigenvalue weighted by atomic mass is 9.90. The summed E-state index contributed by atoms with van der Waals surface area (Å²) in [6.45, 7) is 0.772. The topological polar surface area (TPSA) is 29.1 Å². The molecule has 21 heavy (non-hydrogen) atoms. The number of fused-ring (bicyclic) bond motifs is 1. The fourth-order valence-corrected chi connectivity index (χ4v) is 3.17. The van der Waals surface area contributed by atoms with Gasteiger partial charge in [-0.2, -0.15) is 0 Å². The largest absolute Gasteiger partial charge is 0.303 e. The number of carbonyl (C=O) groups excluding carboxylic acids is 1. The Kier molecular flexibility index (Phi) is 4.17. The number of Topliss-reactive ketones (excluding diaryl/α,β-unsaturated/α-hetero) is 1. The Balaban J connectivity index is 1.85. The molecule has 0 amide bonds. The molecular formula is C17H15BrFNO. The van der Waals surface area contributed by atoms with Crippen molar-refractivity contribution < 1.29 is 9.18 Å². The van der Waals surface area contributed by atoms with Crippen LogP contribution in [0.4, 0.5) is 4.39 Å². The number of carbonyl (C=O) groups is 1. The van der Waals surface area contributed by atoms with Crippen LogP contribution in [0.25, 0.3) is 0 Å². The van der Waals surface area contributed by atoms with Gasteiger partial charge in [0.2, 0.25) is 0 Å². The quantitative estimate of drug-likeness (QED) is 0.919. The van der Waals surface area contributed by atoms with Crippen LogP contribution in [0.15, 0.2) is 46.9 Å². The van der Waals surface area contributed by atoms with Crippen LogP contribution < -0.4 is 5.32 Å². The van der Waals surface area contributed by atoms with Crippen molar-refractivity contribution >= 4 is 21.7 Å². The average Bonchev–Trinajstić information content (AvgIpc) is 2.50. The molecule has 0 spiro atoms. The van der Waals surface area contributed by atoms with Crippen LogP contribution in [-0.4, -0.2) is 12.3 Å². The van der Waals surface area contributed by atoms with E-state index >= 15 is 0 Å². The Morgan fingerprint density at radius 2 is 2.10 bits per heavy atom. The zero-order valence-electron chi connectivity index (χ0n) is 11.4. The summed E-state index contributed by atoms with van der Waals surface area (Å²) in [5.74, 6) is -0.338. The average molecular weight is 348 g/mol. The van der Waals surface area contributed by atoms with E-state index < -0.39 is 0 Å². The highest BCUT2D eigenvalue weighted by Gasteiger charge is 2.26. The van der Waals surface area contributed by atoms with Crippen molar-refractivity contribution in [1.82, 2.24) is 5.32 Å². The Labute approximate surface area is 131 Å². The summed E-state index contributed by atoms with van der Waals surface area (Å²) in [7, 11) is 0. The predicted octanol–water partition coefficient (Wildman–Crippen LogP) is 3.59. The lowest BCUT2D eigenvalue weighted by Crippen LogP contribution is -2.36. The number of benzene rings is 2. The lowest BCUT2D eigenvalue weighted by molar-refractivity contribution is -0.120. The van der Waals surface area contributed by atoms with Crippen molar-refractivity contribution in [2.45, 2.75) is 18.9 Å². The van der Waals surface area contributed by atoms with Crippen LogP contribution in [0.5, 0.6) is 0 Å². The van der Waals surface area contributed by atoms with Gasteiger partial charge in [0.05, 0.1) is 6.04 Å². The molecule has 0 saturated heterocycles. The standard InChI is InChI=1S/C17H15BrFNO/c18-13-5-6-15(19)12(9-13)10-16(21)17-14-4-2-1-3-11(14)7-8-20-17/h1-6,9,17,20H,7-8,10H2. The summed E-state index contributed by atoms with van der Waals surface area (Å²) in [6, 6.07) is 12.3. The summed E-state index contributed by atoms with van der Waals surface area (Å²) in [4.78, 5) is 12.5. The van der Waals surface area contributed by atoms with Crippen LogP contribution >= 0.6 is 15.9 Å². The molecule has 0 bridgehead atoms. The third-order valence-corrected chi connectivity index (χ3v) is 4.30. The maximum Gasteiger partial charge on any atom is 0.158 e. The van der Waals surface area contributed by atoms with Crippen LogP contribution in [-0.2, 0) is 17.6 Å². The Morgan fingerprint density at radius 3 is 2.95 bits per heavy atom. The van der Waals surface area contributed by atoms with E-state index in [0.717, 1.165) is 23.0 Å². The van der Waals surface area contributed by atoms with E-state index in [1.807, 2.05) is 18.2 Å². The third kappa shape index (κ3) is 3.06. The molecule has 2 aromatic rings. The van der Waals surface area contributed by atoms with Crippen molar-refractivity contribution in [2.24, 2.45) is 0 Å². The van der Waals surface area contributed by atoms with Gasteiger partial charge in [-0.05, 0) is 41.3 Å². The Hall–Kier alpha value is -1.52. The molecule has 2 aromatic carbocycles. The molecule has 1 aliphatic heterocycles. The van der Waals surface area contributed by atoms with Gasteiger partial charge in [0.1, 0.15) is 5.82 Å². The first kappa shape index (κ1) is 14.4. The van der Waals surface area contributed by atoms with E-state index in [9.17, 15) is 9.18 Å². The van der Waals surface area contributed by atoms with Crippen molar-refractivity contribution in [3.05, 3.63) is 69.4 Å². The zero-order valence-corrected chi connectivity index (χ0v) is 13.0. The van der Waals surface area contributed by atoms with Crippen LogP contribution in [0.1, 0.15) is 22.7 Å². The smallest absolute Gasteiger partial charge is 0.158 e. The summed E-state index contributed by atoms with van der Waals surface area (Å²) in [5.41, 5.74) is 2.65. The lowest BCUT2D eigenvalue weighted by Gasteiger charge is -2.26. The fraction of sp³-hybridized carbons (Fsp3) is 0.235. The molecule has 1 unspecified atom stereocenters. The number of hydrogen-bond acceptors (Lipinski definition) is 2. The molecule has 0 fully saturated rings. The summed E-state index contributed by atoms with van der Waals surface area (Å²) >= 11 is 3.31. The summed E-state index contributed by atoms with van der Waals surface area (Å²) < 4.78 is 14.6. The third-order valence-electron chi connectivity index (χ3n) is 3.80. The maximum absolute atomic E-state index is 13.8. The molecule has 1 aliphatic rings. The molecule has 4 heteroatoms. The van der Waals surface area contributed by atoms with Crippen LogP contribution in [0.3, 0.4) is 0 Å². The second kappa shape index (κ2) is 6.08. The summed E-state index contributed by atoms with van der Waals surface area (Å²) in [5, 5.41) is 3.25. The van der Waals surface area contributed by atoms with Gasteiger partial charge < -0.3 is 5.32 Å². The molecule has 2 nitrogen and oxygen atoms in total. The Bertz CT molecular complexity index is 686. The minimum absolute atomic E-state index is 0.000787. The molecule has 1 N–H and O–H groups in total. The fourth-order valence-electron chi connectivity index (χ4n) is 2.76. The van der Waals surface area contributed by atoms with Crippen molar-refractivity contribution in [3.63, 3.8) is 0 Å². The number of ketones is 1. The number of hydrogen-bond donors (Lipinski definition) is 1. The van der Waals surface area contributed by atoms with E-state index in [2.05, 4.69) is 27.3 Å². The maximum atomic E-state index is 13.8. The highest BCUT2D eigenvalue weighted by Crippen LogP contribution is 2.25. The summed E-state index contributed by atoms with van der Waals surface area (Å²) in [6.07, 6.45) is 1.02. The number of halogens is 2. The molecule has 1 heterocycles. The molecule has 3 rings (SSSR count). The van der Waals surface area contributed by atoms with E-state index in [0.29, 0.717) is 5.56 Å². The molecule has 0 aromatic heterocycles. The zero-order chi connectivity index (χ0) is 14.8. The van der Waals surface area contributed by atoms with Gasteiger partial charge in [0, 0.05) is 17.4 Å². The van der Waals surface area contributed by atoms with Gasteiger partial charge in [-0.25, -0.2) is 4.39 Å². The van der Waals surface area contributed by atoms with E-state index in [-0.39, 0.29) is 24.1 Å². The minimum Gasteiger partial charge on any atom is -0.303 e. The monoisotopic (exact) mass is 347 g/mol. The first-order valence-electron chi connectivity index (χ1n) is 6.93. The van der Waals surface area contributed by atoms with Gasteiger partial charge in [0.15, 0.2) is 5.78 Å². The highest BCUT2D eigenvalue weighted by molar-refractivity contribution is 9.10. The minimum atomic E-state index is -0.340. The van der Waals surface area contributed by atoms with Crippen LogP contribution in [0, 0.1) is 5.82 Å². The SMILES string of the molecule is O=C(Cc1cc(Br)ccc1F)C1NCCc2ccccc21. The van der Waals surface area contributed by atoms with Gasteiger partial charge in [-0.3, -0.25) is 4.79 Å². The van der Waals surface area contributed by atoms with Gasteiger partial charge in [0.25, 0.3) is 0 Å². The first-order chi connectivity index (χ1) is 10.1. The van der Waals surface area contributed by atoms with Crippen molar-refractivity contribution in [1.29, 1.82) is 0 Å². The Morgan fingerprint density at radius 1 is 1.29 bits per heavy atom. The van der Waals surface area contributed by atoms with Crippen molar-refractivity contribution in [3.8, 4) is 0 Å². The number of rotatable bonds is 3. The first-order valence-corrected chi connectivity index (χ1v) is 7.72. The van der Waals surface area contributed by atoms with Gasteiger partial charge in [-0.15, -0.1) is 0 Å². The predicted molar refractivity (Wildman–Crippen MR) is 83.7 cm³/mol. The van der Waals surface area contributed by atoms with E-state index in [1.165, 1.54) is 11.6 Å². The van der Waals surface area contributed by atoms with Gasteiger partial charge in [-0.1, -0.05) is 40.2 Å². The molecule has 0 radical (unpaired) electrons. The van der Waals surface area contributed by atoms with Crippen LogP contribution in [0.2, 0.25) is 0 Å². The second-order valence-corrected chi connectivity index (χ2v) is 6.13. The van der Waals surface area contributed by atoms with Gasteiger partial charge >= 0.3 is 0 Å². The normalized spacial score (nSPS) is 17.3. The molecule has 0 saturated carbocycles. The van der Waals surface area contributed by atoms with E-state index in [4.69, 9.17) is 0 Å².